The molecule has 1 aliphatic rings. The van der Waals surface area contributed by atoms with Crippen molar-refractivity contribution in [3.05, 3.63) is 53.1 Å². The van der Waals surface area contributed by atoms with E-state index in [1.807, 2.05) is 32.0 Å². The summed E-state index contributed by atoms with van der Waals surface area (Å²) < 4.78 is 0. The lowest BCUT2D eigenvalue weighted by atomic mass is 10.0. The molecule has 134 valence electrons. The maximum Gasteiger partial charge on any atom is 0.139 e. The summed E-state index contributed by atoms with van der Waals surface area (Å²) in [4.78, 5) is 15.8. The lowest BCUT2D eigenvalue weighted by Gasteiger charge is -2.33. The minimum atomic E-state index is 0.389. The molecule has 3 heterocycles. The predicted molar refractivity (Wildman–Crippen MR) is 107 cm³/mol. The van der Waals surface area contributed by atoms with E-state index in [0.717, 1.165) is 59.9 Å². The first-order valence-electron chi connectivity index (χ1n) is 8.97. The Labute approximate surface area is 158 Å². The third kappa shape index (κ3) is 3.58. The van der Waals surface area contributed by atoms with Gasteiger partial charge in [-0.2, -0.15) is 0 Å². The van der Waals surface area contributed by atoms with Gasteiger partial charge in [0.1, 0.15) is 22.6 Å². The number of nitrogens with zero attached hydrogens (tertiary/aromatic N) is 4. The van der Waals surface area contributed by atoms with Gasteiger partial charge in [0.2, 0.25) is 0 Å². The van der Waals surface area contributed by atoms with Crippen LogP contribution in [0.4, 0.5) is 11.6 Å². The van der Waals surface area contributed by atoms with E-state index in [-0.39, 0.29) is 0 Å². The first-order valence-corrected chi connectivity index (χ1v) is 9.35. The van der Waals surface area contributed by atoms with Gasteiger partial charge in [-0.15, -0.1) is 0 Å². The molecule has 1 aliphatic heterocycles. The van der Waals surface area contributed by atoms with Crippen molar-refractivity contribution in [3.63, 3.8) is 0 Å². The van der Waals surface area contributed by atoms with E-state index in [1.54, 1.807) is 0 Å². The van der Waals surface area contributed by atoms with E-state index in [2.05, 4.69) is 43.4 Å². The summed E-state index contributed by atoms with van der Waals surface area (Å²) in [5.74, 6) is 2.71. The highest BCUT2D eigenvalue weighted by atomic mass is 35.5. The van der Waals surface area contributed by atoms with Crippen molar-refractivity contribution in [3.8, 4) is 0 Å². The highest BCUT2D eigenvalue weighted by molar-refractivity contribution is 6.34. The molecule has 4 rings (SSSR count). The largest absolute Gasteiger partial charge is 0.367 e. The van der Waals surface area contributed by atoms with Crippen molar-refractivity contribution in [1.82, 2.24) is 15.0 Å². The fourth-order valence-corrected chi connectivity index (χ4v) is 3.81. The molecule has 0 radical (unpaired) electrons. The average molecular weight is 368 g/mol. The van der Waals surface area contributed by atoms with Crippen molar-refractivity contribution in [2.24, 2.45) is 0 Å². The normalized spacial score (nSPS) is 15.4. The van der Waals surface area contributed by atoms with Crippen LogP contribution in [-0.4, -0.2) is 34.1 Å². The maximum absolute atomic E-state index is 6.34. The van der Waals surface area contributed by atoms with Crippen LogP contribution < -0.4 is 10.2 Å². The van der Waals surface area contributed by atoms with E-state index >= 15 is 0 Å². The van der Waals surface area contributed by atoms with Gasteiger partial charge in [0.15, 0.2) is 0 Å². The van der Waals surface area contributed by atoms with Crippen LogP contribution >= 0.6 is 11.6 Å². The minimum Gasteiger partial charge on any atom is -0.367 e. The molecule has 0 spiro atoms. The lowest BCUT2D eigenvalue weighted by Crippen LogP contribution is -2.39. The van der Waals surface area contributed by atoms with E-state index in [0.29, 0.717) is 11.2 Å². The number of aromatic nitrogens is 3. The molecule has 26 heavy (non-hydrogen) atoms. The molecule has 5 nitrogen and oxygen atoms in total. The zero-order valence-electron chi connectivity index (χ0n) is 15.0. The third-order valence-corrected chi connectivity index (χ3v) is 5.11. The Morgan fingerprint density at radius 3 is 2.58 bits per heavy atom. The summed E-state index contributed by atoms with van der Waals surface area (Å²) in [6.45, 7) is 5.89. The number of rotatable bonds is 3. The number of anilines is 2. The number of piperidine rings is 1. The smallest absolute Gasteiger partial charge is 0.139 e. The zero-order chi connectivity index (χ0) is 18.1. The Morgan fingerprint density at radius 1 is 1.04 bits per heavy atom. The Balaban J connectivity index is 1.44. The standard InChI is InChI=1S/C20H22ClN5/c1-13-11-19(23-14(2)22-13)26-9-7-16(8-10-26)24-18-12-15-5-3-4-6-17(15)20(21)25-18/h3-6,11-12,16H,7-10H2,1-2H3,(H,24,25). The number of aryl methyl sites for hydroxylation is 2. The SMILES string of the molecule is Cc1cc(N2CCC(Nc3cc4ccccc4c(Cl)n3)CC2)nc(C)n1. The molecular formula is C20H22ClN5. The molecule has 0 aliphatic carbocycles. The first kappa shape index (κ1) is 17.0. The van der Waals surface area contributed by atoms with E-state index in [1.165, 1.54) is 0 Å². The van der Waals surface area contributed by atoms with Crippen molar-refractivity contribution < 1.29 is 0 Å². The number of halogens is 1. The van der Waals surface area contributed by atoms with Crippen molar-refractivity contribution in [2.75, 3.05) is 23.3 Å². The molecule has 0 amide bonds. The molecule has 0 saturated carbocycles. The van der Waals surface area contributed by atoms with Gasteiger partial charge >= 0.3 is 0 Å². The molecule has 0 atom stereocenters. The maximum atomic E-state index is 6.34. The topological polar surface area (TPSA) is 53.9 Å². The Hall–Kier alpha value is -2.40. The van der Waals surface area contributed by atoms with Gasteiger partial charge < -0.3 is 10.2 Å². The zero-order valence-corrected chi connectivity index (χ0v) is 15.8. The van der Waals surface area contributed by atoms with Crippen LogP contribution in [0.3, 0.4) is 0 Å². The molecule has 6 heteroatoms. The first-order chi connectivity index (χ1) is 12.6. The van der Waals surface area contributed by atoms with Crippen molar-refractivity contribution >= 4 is 34.0 Å². The Kier molecular flexibility index (Phi) is 4.64. The van der Waals surface area contributed by atoms with E-state index < -0.39 is 0 Å². The predicted octanol–water partition coefficient (Wildman–Crippen LogP) is 4.38. The van der Waals surface area contributed by atoms with Gasteiger partial charge in [0, 0.05) is 36.3 Å². The summed E-state index contributed by atoms with van der Waals surface area (Å²) in [5, 5.41) is 6.20. The molecule has 2 aromatic heterocycles. The number of hydrogen-bond donors (Lipinski definition) is 1. The molecule has 1 fully saturated rings. The second-order valence-corrected chi connectivity index (χ2v) is 7.20. The number of pyridine rings is 1. The van der Waals surface area contributed by atoms with Gasteiger partial charge in [0.05, 0.1) is 0 Å². The van der Waals surface area contributed by atoms with Crippen LogP contribution in [0.25, 0.3) is 10.8 Å². The summed E-state index contributed by atoms with van der Waals surface area (Å²) in [6.07, 6.45) is 2.07. The monoisotopic (exact) mass is 367 g/mol. The van der Waals surface area contributed by atoms with Crippen LogP contribution in [0, 0.1) is 13.8 Å². The number of hydrogen-bond acceptors (Lipinski definition) is 5. The number of nitrogens with one attached hydrogen (secondary N) is 1. The minimum absolute atomic E-state index is 0.389. The number of fused-ring (bicyclic) bond motifs is 1. The Morgan fingerprint density at radius 2 is 1.81 bits per heavy atom. The van der Waals surface area contributed by atoms with E-state index in [9.17, 15) is 0 Å². The highest BCUT2D eigenvalue weighted by Crippen LogP contribution is 2.26. The van der Waals surface area contributed by atoms with Crippen LogP contribution in [0.5, 0.6) is 0 Å². The van der Waals surface area contributed by atoms with Gasteiger partial charge in [-0.25, -0.2) is 15.0 Å². The summed E-state index contributed by atoms with van der Waals surface area (Å²) in [6, 6.07) is 12.6. The van der Waals surface area contributed by atoms with Crippen LogP contribution in [-0.2, 0) is 0 Å². The Bertz CT molecular complexity index is 914. The van der Waals surface area contributed by atoms with Gasteiger partial charge in [-0.3, -0.25) is 0 Å². The van der Waals surface area contributed by atoms with Gasteiger partial charge in [-0.05, 0) is 38.1 Å². The van der Waals surface area contributed by atoms with Crippen LogP contribution in [0.1, 0.15) is 24.4 Å². The van der Waals surface area contributed by atoms with E-state index in [4.69, 9.17) is 11.6 Å². The molecule has 1 N–H and O–H groups in total. The van der Waals surface area contributed by atoms with Crippen LogP contribution in [0.15, 0.2) is 36.4 Å². The van der Waals surface area contributed by atoms with Crippen molar-refractivity contribution in [1.29, 1.82) is 0 Å². The summed E-state index contributed by atoms with van der Waals surface area (Å²) in [7, 11) is 0. The summed E-state index contributed by atoms with van der Waals surface area (Å²) in [5.41, 5.74) is 1.02. The molecule has 1 saturated heterocycles. The lowest BCUT2D eigenvalue weighted by molar-refractivity contribution is 0.522. The quantitative estimate of drug-likeness (QED) is 0.696. The second-order valence-electron chi connectivity index (χ2n) is 6.84. The third-order valence-electron chi connectivity index (χ3n) is 4.82. The fourth-order valence-electron chi connectivity index (χ4n) is 3.55. The van der Waals surface area contributed by atoms with Gasteiger partial charge in [0.25, 0.3) is 0 Å². The van der Waals surface area contributed by atoms with Gasteiger partial charge in [-0.1, -0.05) is 35.9 Å². The number of benzene rings is 1. The molecular weight excluding hydrogens is 346 g/mol. The van der Waals surface area contributed by atoms with Crippen molar-refractivity contribution in [2.45, 2.75) is 32.7 Å². The molecule has 0 bridgehead atoms. The fraction of sp³-hybridized carbons (Fsp3) is 0.350. The summed E-state index contributed by atoms with van der Waals surface area (Å²) >= 11 is 6.34. The molecule has 1 aromatic carbocycles. The average Bonchev–Trinajstić information content (AvgIpc) is 2.61. The molecule has 0 unspecified atom stereocenters. The highest BCUT2D eigenvalue weighted by Gasteiger charge is 2.21. The molecule has 3 aromatic rings. The van der Waals surface area contributed by atoms with Crippen LogP contribution in [0.2, 0.25) is 5.15 Å². The second kappa shape index (κ2) is 7.08.